The first-order valence-electron chi connectivity index (χ1n) is 5.40. The number of hydrogen-bond acceptors (Lipinski definition) is 2. The first-order chi connectivity index (χ1) is 7.59. The van der Waals surface area contributed by atoms with Crippen molar-refractivity contribution in [2.45, 2.75) is 24.8 Å². The van der Waals surface area contributed by atoms with Crippen molar-refractivity contribution >= 4 is 15.9 Å². The van der Waals surface area contributed by atoms with Crippen LogP contribution < -0.4 is 5.73 Å². The molecule has 1 aromatic carbocycles. The molecular formula is C12H15BrFNO. The minimum Gasteiger partial charge on any atom is -0.380 e. The van der Waals surface area contributed by atoms with E-state index < -0.39 is 5.54 Å². The number of hydrogen-bond donors (Lipinski definition) is 1. The van der Waals surface area contributed by atoms with Gasteiger partial charge >= 0.3 is 0 Å². The van der Waals surface area contributed by atoms with Gasteiger partial charge in [-0.1, -0.05) is 15.9 Å². The molecule has 2 N–H and O–H groups in total. The Labute approximate surface area is 103 Å². The molecule has 1 heterocycles. The van der Waals surface area contributed by atoms with E-state index in [9.17, 15) is 4.39 Å². The smallest absolute Gasteiger partial charge is 0.126 e. The Morgan fingerprint density at radius 2 is 2.31 bits per heavy atom. The fourth-order valence-electron chi connectivity index (χ4n) is 2.07. The third kappa shape index (κ3) is 2.81. The third-order valence-corrected chi connectivity index (χ3v) is 3.40. The quantitative estimate of drug-likeness (QED) is 0.908. The van der Waals surface area contributed by atoms with Crippen molar-refractivity contribution in [3.05, 3.63) is 34.1 Å². The van der Waals surface area contributed by atoms with Crippen LogP contribution in [0.1, 0.15) is 18.4 Å². The predicted octanol–water partition coefficient (Wildman–Crippen LogP) is 2.64. The Morgan fingerprint density at radius 1 is 1.50 bits per heavy atom. The number of benzene rings is 1. The first-order valence-corrected chi connectivity index (χ1v) is 6.19. The molecule has 2 rings (SSSR count). The molecule has 0 radical (unpaired) electrons. The standard InChI is InChI=1S/C12H15BrFNO/c13-10-2-3-11(14)9(6-10)7-12(15)4-1-5-16-8-12/h2-3,6H,1,4-5,7-8,15H2. The van der Waals surface area contributed by atoms with Gasteiger partial charge in [-0.3, -0.25) is 0 Å². The molecule has 88 valence electrons. The molecule has 0 bridgehead atoms. The summed E-state index contributed by atoms with van der Waals surface area (Å²) in [6, 6.07) is 4.95. The molecule has 2 nitrogen and oxygen atoms in total. The van der Waals surface area contributed by atoms with Crippen LogP contribution in [0.4, 0.5) is 4.39 Å². The van der Waals surface area contributed by atoms with Gasteiger partial charge in [0.2, 0.25) is 0 Å². The van der Waals surface area contributed by atoms with E-state index in [1.165, 1.54) is 6.07 Å². The molecule has 16 heavy (non-hydrogen) atoms. The highest BCUT2D eigenvalue weighted by atomic mass is 79.9. The highest BCUT2D eigenvalue weighted by Crippen LogP contribution is 2.24. The van der Waals surface area contributed by atoms with Crippen LogP contribution in [0.3, 0.4) is 0 Å². The van der Waals surface area contributed by atoms with E-state index in [1.54, 1.807) is 12.1 Å². The summed E-state index contributed by atoms with van der Waals surface area (Å²) < 4.78 is 19.8. The lowest BCUT2D eigenvalue weighted by Crippen LogP contribution is -2.49. The summed E-state index contributed by atoms with van der Waals surface area (Å²) in [5.74, 6) is -0.196. The SMILES string of the molecule is NC1(Cc2cc(Br)ccc2F)CCCOC1. The van der Waals surface area contributed by atoms with E-state index >= 15 is 0 Å². The second-order valence-corrected chi connectivity index (χ2v) is 5.35. The van der Waals surface area contributed by atoms with Crippen molar-refractivity contribution in [2.24, 2.45) is 5.73 Å². The molecule has 0 amide bonds. The van der Waals surface area contributed by atoms with Gasteiger partial charge in [-0.2, -0.15) is 0 Å². The molecule has 1 aliphatic heterocycles. The second kappa shape index (κ2) is 4.82. The average Bonchev–Trinajstić information content (AvgIpc) is 2.24. The summed E-state index contributed by atoms with van der Waals surface area (Å²) in [4.78, 5) is 0. The number of nitrogens with two attached hydrogens (primary N) is 1. The van der Waals surface area contributed by atoms with Crippen molar-refractivity contribution in [3.63, 3.8) is 0 Å². The highest BCUT2D eigenvalue weighted by Gasteiger charge is 2.29. The monoisotopic (exact) mass is 287 g/mol. The molecule has 1 fully saturated rings. The second-order valence-electron chi connectivity index (χ2n) is 4.43. The minimum atomic E-state index is -0.417. The van der Waals surface area contributed by atoms with Crippen molar-refractivity contribution < 1.29 is 9.13 Å². The number of rotatable bonds is 2. The van der Waals surface area contributed by atoms with E-state index in [4.69, 9.17) is 10.5 Å². The lowest BCUT2D eigenvalue weighted by atomic mass is 9.87. The molecule has 1 aromatic rings. The van der Waals surface area contributed by atoms with Crippen LogP contribution in [0.15, 0.2) is 22.7 Å². The molecule has 1 unspecified atom stereocenters. The Hall–Kier alpha value is -0.450. The molecular weight excluding hydrogens is 273 g/mol. The zero-order valence-corrected chi connectivity index (χ0v) is 10.6. The average molecular weight is 288 g/mol. The van der Waals surface area contributed by atoms with Crippen LogP contribution in [0.2, 0.25) is 0 Å². The van der Waals surface area contributed by atoms with E-state index in [1.807, 2.05) is 0 Å². The van der Waals surface area contributed by atoms with Gasteiger partial charge < -0.3 is 10.5 Å². The predicted molar refractivity (Wildman–Crippen MR) is 64.8 cm³/mol. The van der Waals surface area contributed by atoms with Gasteiger partial charge in [0.1, 0.15) is 5.82 Å². The van der Waals surface area contributed by atoms with Crippen LogP contribution >= 0.6 is 15.9 Å². The summed E-state index contributed by atoms with van der Waals surface area (Å²) in [5, 5.41) is 0. The summed E-state index contributed by atoms with van der Waals surface area (Å²) >= 11 is 3.34. The summed E-state index contributed by atoms with van der Waals surface area (Å²) in [7, 11) is 0. The van der Waals surface area contributed by atoms with Gasteiger partial charge in [-0.05, 0) is 43.0 Å². The van der Waals surface area contributed by atoms with E-state index in [-0.39, 0.29) is 5.82 Å². The molecule has 0 saturated carbocycles. The van der Waals surface area contributed by atoms with E-state index in [0.717, 1.165) is 23.9 Å². The number of halogens is 2. The third-order valence-electron chi connectivity index (χ3n) is 2.90. The van der Waals surface area contributed by atoms with Crippen molar-refractivity contribution in [1.82, 2.24) is 0 Å². The van der Waals surface area contributed by atoms with Crippen LogP contribution in [0.25, 0.3) is 0 Å². The molecule has 1 aliphatic rings. The number of ether oxygens (including phenoxy) is 1. The van der Waals surface area contributed by atoms with Gasteiger partial charge in [-0.25, -0.2) is 4.39 Å². The zero-order valence-electron chi connectivity index (χ0n) is 9.01. The summed E-state index contributed by atoms with van der Waals surface area (Å²) in [5.41, 5.74) is 6.44. The largest absolute Gasteiger partial charge is 0.380 e. The van der Waals surface area contributed by atoms with Crippen LogP contribution in [-0.4, -0.2) is 18.8 Å². The molecule has 0 aliphatic carbocycles. The fourth-order valence-corrected chi connectivity index (χ4v) is 2.48. The van der Waals surface area contributed by atoms with Gasteiger partial charge in [0.05, 0.1) is 6.61 Å². The lowest BCUT2D eigenvalue weighted by Gasteiger charge is -2.33. The van der Waals surface area contributed by atoms with Gasteiger partial charge in [0, 0.05) is 16.6 Å². The van der Waals surface area contributed by atoms with Gasteiger partial charge in [-0.15, -0.1) is 0 Å². The maximum absolute atomic E-state index is 13.6. The summed E-state index contributed by atoms with van der Waals surface area (Å²) in [6.45, 7) is 1.28. The lowest BCUT2D eigenvalue weighted by molar-refractivity contribution is 0.0379. The molecule has 0 aromatic heterocycles. The molecule has 1 atom stereocenters. The molecule has 4 heteroatoms. The maximum Gasteiger partial charge on any atom is 0.126 e. The molecule has 0 spiro atoms. The Balaban J connectivity index is 2.15. The topological polar surface area (TPSA) is 35.2 Å². The van der Waals surface area contributed by atoms with Crippen LogP contribution in [-0.2, 0) is 11.2 Å². The van der Waals surface area contributed by atoms with E-state index in [0.29, 0.717) is 18.6 Å². The van der Waals surface area contributed by atoms with Crippen LogP contribution in [0.5, 0.6) is 0 Å². The van der Waals surface area contributed by atoms with Gasteiger partial charge in [0.15, 0.2) is 0 Å². The molecule has 1 saturated heterocycles. The first kappa shape index (κ1) is 12.0. The summed E-state index contributed by atoms with van der Waals surface area (Å²) in [6.07, 6.45) is 2.36. The zero-order chi connectivity index (χ0) is 11.6. The van der Waals surface area contributed by atoms with Crippen molar-refractivity contribution in [1.29, 1.82) is 0 Å². The Bertz CT molecular complexity index is 377. The van der Waals surface area contributed by atoms with Crippen molar-refractivity contribution in [3.8, 4) is 0 Å². The Morgan fingerprint density at radius 3 is 3.00 bits per heavy atom. The maximum atomic E-state index is 13.6. The Kier molecular flexibility index (Phi) is 3.62. The van der Waals surface area contributed by atoms with Crippen LogP contribution in [0, 0.1) is 5.82 Å². The highest BCUT2D eigenvalue weighted by molar-refractivity contribution is 9.10. The van der Waals surface area contributed by atoms with Crippen molar-refractivity contribution in [2.75, 3.05) is 13.2 Å². The normalized spacial score (nSPS) is 25.7. The minimum absolute atomic E-state index is 0.196. The van der Waals surface area contributed by atoms with Gasteiger partial charge in [0.25, 0.3) is 0 Å². The van der Waals surface area contributed by atoms with E-state index in [2.05, 4.69) is 15.9 Å². The fraction of sp³-hybridized carbons (Fsp3) is 0.500.